The minimum absolute atomic E-state index is 0.113. The van der Waals surface area contributed by atoms with Gasteiger partial charge in [-0.3, -0.25) is 5.32 Å². The van der Waals surface area contributed by atoms with E-state index in [-0.39, 0.29) is 12.1 Å². The molecule has 1 heterocycles. The Bertz CT molecular complexity index is 339. The van der Waals surface area contributed by atoms with E-state index in [1.165, 1.54) is 0 Å². The van der Waals surface area contributed by atoms with Gasteiger partial charge < -0.3 is 9.53 Å². The van der Waals surface area contributed by atoms with Crippen molar-refractivity contribution in [3.05, 3.63) is 34.3 Å². The lowest BCUT2D eigenvalue weighted by atomic mass is 10.1. The van der Waals surface area contributed by atoms with E-state index < -0.39 is 0 Å². The molecule has 1 aliphatic rings. The number of carbonyl (C=O) groups is 1. The number of halogens is 1. The van der Waals surface area contributed by atoms with E-state index in [0.717, 1.165) is 16.3 Å². The predicted molar refractivity (Wildman–Crippen MR) is 60.7 cm³/mol. The highest BCUT2D eigenvalue weighted by atomic mass is 79.9. The van der Waals surface area contributed by atoms with Gasteiger partial charge in [0.1, 0.15) is 6.29 Å². The Labute approximate surface area is 96.9 Å². The standard InChI is InChI=1S/C11H12BrNO2/c12-9-3-1-8(2-4-9)11-7-15-6-10(5-14)13-11/h1-5,10-11,13H,6-7H2. The van der Waals surface area contributed by atoms with Gasteiger partial charge in [-0.05, 0) is 17.7 Å². The van der Waals surface area contributed by atoms with Gasteiger partial charge in [0.05, 0.1) is 25.3 Å². The molecule has 4 heteroatoms. The molecular weight excluding hydrogens is 258 g/mol. The van der Waals surface area contributed by atoms with Crippen LogP contribution in [0.15, 0.2) is 28.7 Å². The van der Waals surface area contributed by atoms with Crippen LogP contribution in [0.3, 0.4) is 0 Å². The average Bonchev–Trinajstić information content (AvgIpc) is 2.30. The molecule has 0 aliphatic carbocycles. The first-order valence-corrected chi connectivity index (χ1v) is 5.63. The summed E-state index contributed by atoms with van der Waals surface area (Å²) in [4.78, 5) is 10.6. The van der Waals surface area contributed by atoms with Crippen LogP contribution in [0.4, 0.5) is 0 Å². The van der Waals surface area contributed by atoms with E-state index in [1.807, 2.05) is 24.3 Å². The van der Waals surface area contributed by atoms with E-state index in [1.54, 1.807) is 0 Å². The van der Waals surface area contributed by atoms with Crippen molar-refractivity contribution in [3.8, 4) is 0 Å². The van der Waals surface area contributed by atoms with Gasteiger partial charge in [-0.15, -0.1) is 0 Å². The van der Waals surface area contributed by atoms with Crippen LogP contribution in [0.1, 0.15) is 11.6 Å². The lowest BCUT2D eigenvalue weighted by molar-refractivity contribution is -0.112. The summed E-state index contributed by atoms with van der Waals surface area (Å²) in [5, 5.41) is 3.23. The molecule has 0 amide bonds. The summed E-state index contributed by atoms with van der Waals surface area (Å²) < 4.78 is 6.42. The van der Waals surface area contributed by atoms with Gasteiger partial charge in [0.15, 0.2) is 0 Å². The Morgan fingerprint density at radius 2 is 2.07 bits per heavy atom. The summed E-state index contributed by atoms with van der Waals surface area (Å²) in [7, 11) is 0. The van der Waals surface area contributed by atoms with E-state index >= 15 is 0 Å². The zero-order valence-corrected chi connectivity index (χ0v) is 9.74. The number of morpholine rings is 1. The monoisotopic (exact) mass is 269 g/mol. The number of carbonyl (C=O) groups excluding carboxylic acids is 1. The van der Waals surface area contributed by atoms with Crippen LogP contribution in [-0.2, 0) is 9.53 Å². The molecule has 1 aromatic rings. The van der Waals surface area contributed by atoms with Crippen LogP contribution in [0.25, 0.3) is 0 Å². The highest BCUT2D eigenvalue weighted by Gasteiger charge is 2.21. The van der Waals surface area contributed by atoms with E-state index in [4.69, 9.17) is 4.74 Å². The second-order valence-electron chi connectivity index (χ2n) is 3.55. The lowest BCUT2D eigenvalue weighted by Crippen LogP contribution is -2.44. The lowest BCUT2D eigenvalue weighted by Gasteiger charge is -2.28. The topological polar surface area (TPSA) is 38.3 Å². The molecule has 3 nitrogen and oxygen atoms in total. The molecule has 0 radical (unpaired) electrons. The quantitative estimate of drug-likeness (QED) is 0.831. The first kappa shape index (κ1) is 10.8. The van der Waals surface area contributed by atoms with Crippen molar-refractivity contribution in [2.24, 2.45) is 0 Å². The Kier molecular flexibility index (Phi) is 3.51. The van der Waals surface area contributed by atoms with Crippen molar-refractivity contribution in [1.29, 1.82) is 0 Å². The van der Waals surface area contributed by atoms with Crippen molar-refractivity contribution >= 4 is 22.2 Å². The molecule has 2 unspecified atom stereocenters. The number of aldehydes is 1. The summed E-state index contributed by atoms with van der Waals surface area (Å²) in [5.41, 5.74) is 1.14. The maximum Gasteiger partial charge on any atom is 0.139 e. The third-order valence-electron chi connectivity index (χ3n) is 2.43. The van der Waals surface area contributed by atoms with Crippen LogP contribution in [-0.4, -0.2) is 25.5 Å². The van der Waals surface area contributed by atoms with Crippen molar-refractivity contribution < 1.29 is 9.53 Å². The Morgan fingerprint density at radius 3 is 2.73 bits per heavy atom. The smallest absolute Gasteiger partial charge is 0.139 e. The Morgan fingerprint density at radius 1 is 1.33 bits per heavy atom. The summed E-state index contributed by atoms with van der Waals surface area (Å²) in [5.74, 6) is 0. The van der Waals surface area contributed by atoms with Crippen molar-refractivity contribution in [2.75, 3.05) is 13.2 Å². The molecule has 15 heavy (non-hydrogen) atoms. The van der Waals surface area contributed by atoms with Gasteiger partial charge in [0.2, 0.25) is 0 Å². The van der Waals surface area contributed by atoms with Crippen LogP contribution >= 0.6 is 15.9 Å². The summed E-state index contributed by atoms with van der Waals surface area (Å²) in [6, 6.07) is 7.95. The molecule has 1 aromatic carbocycles. The number of benzene rings is 1. The van der Waals surface area contributed by atoms with Gasteiger partial charge in [0, 0.05) is 4.47 Å². The number of hydrogen-bond acceptors (Lipinski definition) is 3. The number of hydrogen-bond donors (Lipinski definition) is 1. The molecule has 2 atom stereocenters. The Hall–Kier alpha value is -0.710. The molecule has 80 valence electrons. The molecular formula is C11H12BrNO2. The summed E-state index contributed by atoms with van der Waals surface area (Å²) in [6.07, 6.45) is 0.894. The van der Waals surface area contributed by atoms with Crippen molar-refractivity contribution in [2.45, 2.75) is 12.1 Å². The molecule has 1 aliphatic heterocycles. The predicted octanol–water partition coefficient (Wildman–Crippen LogP) is 1.68. The molecule has 2 rings (SSSR count). The van der Waals surface area contributed by atoms with Crippen LogP contribution in [0.2, 0.25) is 0 Å². The second kappa shape index (κ2) is 4.88. The fourth-order valence-corrected chi connectivity index (χ4v) is 1.90. The second-order valence-corrected chi connectivity index (χ2v) is 4.47. The fourth-order valence-electron chi connectivity index (χ4n) is 1.63. The number of nitrogens with one attached hydrogen (secondary N) is 1. The Balaban J connectivity index is 2.09. The van der Waals surface area contributed by atoms with Gasteiger partial charge >= 0.3 is 0 Å². The van der Waals surface area contributed by atoms with E-state index in [2.05, 4.69) is 21.2 Å². The molecule has 0 aromatic heterocycles. The highest BCUT2D eigenvalue weighted by Crippen LogP contribution is 2.19. The van der Waals surface area contributed by atoms with Crippen molar-refractivity contribution in [3.63, 3.8) is 0 Å². The van der Waals surface area contributed by atoms with Crippen LogP contribution in [0, 0.1) is 0 Å². The summed E-state index contributed by atoms with van der Waals surface area (Å²) >= 11 is 3.39. The third-order valence-corrected chi connectivity index (χ3v) is 2.96. The van der Waals surface area contributed by atoms with Gasteiger partial charge in [-0.1, -0.05) is 28.1 Å². The van der Waals surface area contributed by atoms with Crippen LogP contribution < -0.4 is 5.32 Å². The molecule has 0 spiro atoms. The molecule has 0 bridgehead atoms. The first-order chi connectivity index (χ1) is 7.29. The third kappa shape index (κ3) is 2.65. The SMILES string of the molecule is O=CC1COCC(c2ccc(Br)cc2)N1. The number of rotatable bonds is 2. The molecule has 1 saturated heterocycles. The van der Waals surface area contributed by atoms with Crippen molar-refractivity contribution in [1.82, 2.24) is 5.32 Å². The number of ether oxygens (including phenoxy) is 1. The zero-order chi connectivity index (χ0) is 10.7. The largest absolute Gasteiger partial charge is 0.377 e. The first-order valence-electron chi connectivity index (χ1n) is 4.84. The molecule has 1 N–H and O–H groups in total. The van der Waals surface area contributed by atoms with Crippen LogP contribution in [0.5, 0.6) is 0 Å². The van der Waals surface area contributed by atoms with Gasteiger partial charge in [-0.2, -0.15) is 0 Å². The minimum Gasteiger partial charge on any atom is -0.377 e. The van der Waals surface area contributed by atoms with Gasteiger partial charge in [0.25, 0.3) is 0 Å². The minimum atomic E-state index is -0.188. The summed E-state index contributed by atoms with van der Waals surface area (Å²) in [6.45, 7) is 1.09. The molecule has 0 saturated carbocycles. The fraction of sp³-hybridized carbons (Fsp3) is 0.364. The maximum absolute atomic E-state index is 10.6. The maximum atomic E-state index is 10.6. The average molecular weight is 270 g/mol. The van der Waals surface area contributed by atoms with E-state index in [9.17, 15) is 4.79 Å². The molecule has 1 fully saturated rings. The zero-order valence-electron chi connectivity index (χ0n) is 8.15. The van der Waals surface area contributed by atoms with E-state index in [0.29, 0.717) is 13.2 Å². The normalized spacial score (nSPS) is 26.2. The highest BCUT2D eigenvalue weighted by molar-refractivity contribution is 9.10. The van der Waals surface area contributed by atoms with Gasteiger partial charge in [-0.25, -0.2) is 0 Å².